The first-order valence-electron chi connectivity index (χ1n) is 9.97. The summed E-state index contributed by atoms with van der Waals surface area (Å²) >= 11 is 12.0. The van der Waals surface area contributed by atoms with Crippen molar-refractivity contribution in [2.45, 2.75) is 38.8 Å². The molecule has 31 heavy (non-hydrogen) atoms. The molecule has 9 heteroatoms. The van der Waals surface area contributed by atoms with Crippen LogP contribution in [0.3, 0.4) is 0 Å². The van der Waals surface area contributed by atoms with Crippen LogP contribution in [0, 0.1) is 5.92 Å². The minimum atomic E-state index is -0.777. The molecule has 4 amide bonds. The van der Waals surface area contributed by atoms with Gasteiger partial charge in [0.15, 0.2) is 0 Å². The largest absolute Gasteiger partial charge is 0.340 e. The minimum Gasteiger partial charge on any atom is -0.340 e. The number of hydrogen-bond acceptors (Lipinski definition) is 3. The van der Waals surface area contributed by atoms with Crippen LogP contribution in [0.4, 0.5) is 16.2 Å². The zero-order valence-corrected chi connectivity index (χ0v) is 18.7. The summed E-state index contributed by atoms with van der Waals surface area (Å²) in [6, 6.07) is 10.5. The van der Waals surface area contributed by atoms with E-state index in [0.717, 1.165) is 12.8 Å². The fraction of sp³-hybridized carbons (Fsp3) is 0.318. The highest BCUT2D eigenvalue weighted by atomic mass is 35.5. The van der Waals surface area contributed by atoms with E-state index in [1.807, 2.05) is 13.8 Å². The maximum Gasteiger partial charge on any atom is 0.319 e. The molecule has 0 radical (unpaired) electrons. The Hall–Kier alpha value is -2.77. The van der Waals surface area contributed by atoms with Crippen LogP contribution in [0.5, 0.6) is 0 Å². The van der Waals surface area contributed by atoms with Crippen molar-refractivity contribution in [1.82, 2.24) is 10.6 Å². The monoisotopic (exact) mass is 462 g/mol. The number of anilines is 2. The van der Waals surface area contributed by atoms with Gasteiger partial charge in [-0.2, -0.15) is 0 Å². The number of carbonyl (C=O) groups excluding carboxylic acids is 3. The van der Waals surface area contributed by atoms with Crippen LogP contribution in [0.1, 0.15) is 37.0 Å². The molecule has 0 heterocycles. The van der Waals surface area contributed by atoms with Crippen LogP contribution in [-0.4, -0.2) is 29.9 Å². The molecule has 2 aromatic carbocycles. The molecule has 1 atom stereocenters. The van der Waals surface area contributed by atoms with E-state index in [1.165, 1.54) is 12.1 Å². The number of halogens is 2. The van der Waals surface area contributed by atoms with Crippen molar-refractivity contribution in [1.29, 1.82) is 0 Å². The van der Waals surface area contributed by atoms with Gasteiger partial charge in [0.05, 0.1) is 10.6 Å². The Bertz CT molecular complexity index is 975. The summed E-state index contributed by atoms with van der Waals surface area (Å²) in [5.74, 6) is -0.987. The van der Waals surface area contributed by atoms with Gasteiger partial charge in [0.2, 0.25) is 5.91 Å². The highest BCUT2D eigenvalue weighted by Gasteiger charge is 2.26. The maximum absolute atomic E-state index is 12.8. The van der Waals surface area contributed by atoms with Crippen molar-refractivity contribution in [3.05, 3.63) is 58.1 Å². The molecule has 1 aliphatic carbocycles. The molecule has 0 spiro atoms. The molecule has 1 fully saturated rings. The predicted molar refractivity (Wildman–Crippen MR) is 123 cm³/mol. The average Bonchev–Trinajstić information content (AvgIpc) is 3.51. The Labute approximate surface area is 190 Å². The zero-order chi connectivity index (χ0) is 22.5. The highest BCUT2D eigenvalue weighted by Crippen LogP contribution is 2.22. The van der Waals surface area contributed by atoms with Gasteiger partial charge in [-0.3, -0.25) is 9.59 Å². The van der Waals surface area contributed by atoms with Gasteiger partial charge in [-0.25, -0.2) is 4.79 Å². The first kappa shape index (κ1) is 22.9. The van der Waals surface area contributed by atoms with Crippen molar-refractivity contribution in [2.24, 2.45) is 5.92 Å². The van der Waals surface area contributed by atoms with Crippen LogP contribution < -0.4 is 21.3 Å². The molecule has 2 aromatic rings. The van der Waals surface area contributed by atoms with Crippen LogP contribution >= 0.6 is 23.2 Å². The molecule has 4 N–H and O–H groups in total. The minimum absolute atomic E-state index is 0.165. The summed E-state index contributed by atoms with van der Waals surface area (Å²) in [5, 5.41) is 11.7. The van der Waals surface area contributed by atoms with E-state index in [-0.39, 0.29) is 34.5 Å². The number of hydrogen-bond donors (Lipinski definition) is 4. The summed E-state index contributed by atoms with van der Waals surface area (Å²) in [5.41, 5.74) is 1.40. The Morgan fingerprint density at radius 2 is 1.55 bits per heavy atom. The van der Waals surface area contributed by atoms with Crippen molar-refractivity contribution in [3.63, 3.8) is 0 Å². The van der Waals surface area contributed by atoms with E-state index >= 15 is 0 Å². The fourth-order valence-electron chi connectivity index (χ4n) is 2.86. The number of amides is 4. The summed E-state index contributed by atoms with van der Waals surface area (Å²) < 4.78 is 0. The number of rotatable bonds is 7. The summed E-state index contributed by atoms with van der Waals surface area (Å²) in [6.45, 7) is 3.67. The molecule has 0 aliphatic heterocycles. The lowest BCUT2D eigenvalue weighted by atomic mass is 10.0. The smallest absolute Gasteiger partial charge is 0.319 e. The maximum atomic E-state index is 12.8. The number of carbonyl (C=O) groups is 3. The lowest BCUT2D eigenvalue weighted by molar-refractivity contribution is -0.118. The molecule has 1 aliphatic rings. The van der Waals surface area contributed by atoms with E-state index in [9.17, 15) is 14.4 Å². The first-order chi connectivity index (χ1) is 14.7. The Morgan fingerprint density at radius 1 is 0.935 bits per heavy atom. The third-order valence-electron chi connectivity index (χ3n) is 4.73. The molecule has 7 nitrogen and oxygen atoms in total. The van der Waals surface area contributed by atoms with E-state index < -0.39 is 11.9 Å². The molecule has 1 unspecified atom stereocenters. The standard InChI is InChI=1S/C22H24Cl2N4O3/c1-12(2)19(28-20(29)17-10-3-13(23)11-18(17)24)21(30)25-14-4-6-15(7-5-14)26-22(31)27-16-8-9-16/h3-7,10-12,16,19H,8-9H2,1-2H3,(H,25,30)(H,28,29)(H2,26,27,31). The highest BCUT2D eigenvalue weighted by molar-refractivity contribution is 6.36. The Morgan fingerprint density at radius 3 is 2.10 bits per heavy atom. The van der Waals surface area contributed by atoms with E-state index in [1.54, 1.807) is 30.3 Å². The third kappa shape index (κ3) is 6.60. The average molecular weight is 463 g/mol. The van der Waals surface area contributed by atoms with Gasteiger partial charge in [-0.15, -0.1) is 0 Å². The predicted octanol–water partition coefficient (Wildman–Crippen LogP) is 4.67. The van der Waals surface area contributed by atoms with Crippen molar-refractivity contribution in [3.8, 4) is 0 Å². The molecular weight excluding hydrogens is 439 g/mol. The molecule has 164 valence electrons. The first-order valence-corrected chi connectivity index (χ1v) is 10.7. The zero-order valence-electron chi connectivity index (χ0n) is 17.2. The lowest BCUT2D eigenvalue weighted by Gasteiger charge is -2.22. The van der Waals surface area contributed by atoms with Gasteiger partial charge in [-0.1, -0.05) is 37.0 Å². The summed E-state index contributed by atoms with van der Waals surface area (Å²) in [4.78, 5) is 37.2. The lowest BCUT2D eigenvalue weighted by Crippen LogP contribution is -2.47. The second-order valence-electron chi connectivity index (χ2n) is 7.76. The van der Waals surface area contributed by atoms with E-state index in [4.69, 9.17) is 23.2 Å². The fourth-order valence-corrected chi connectivity index (χ4v) is 3.36. The molecule has 1 saturated carbocycles. The van der Waals surface area contributed by atoms with Crippen LogP contribution in [0.25, 0.3) is 0 Å². The molecular formula is C22H24Cl2N4O3. The van der Waals surface area contributed by atoms with Gasteiger partial charge >= 0.3 is 6.03 Å². The Kier molecular flexibility index (Phi) is 7.41. The van der Waals surface area contributed by atoms with E-state index in [0.29, 0.717) is 16.4 Å². The van der Waals surface area contributed by atoms with Crippen LogP contribution in [-0.2, 0) is 4.79 Å². The van der Waals surface area contributed by atoms with Crippen molar-refractivity contribution in [2.75, 3.05) is 10.6 Å². The van der Waals surface area contributed by atoms with E-state index in [2.05, 4.69) is 21.3 Å². The number of benzene rings is 2. The Balaban J connectivity index is 1.60. The third-order valence-corrected chi connectivity index (χ3v) is 5.28. The van der Waals surface area contributed by atoms with Gasteiger partial charge in [-0.05, 0) is 61.2 Å². The van der Waals surface area contributed by atoms with Gasteiger partial charge in [0.1, 0.15) is 6.04 Å². The van der Waals surface area contributed by atoms with Crippen LogP contribution in [0.15, 0.2) is 42.5 Å². The van der Waals surface area contributed by atoms with Gasteiger partial charge < -0.3 is 21.3 Å². The van der Waals surface area contributed by atoms with Gasteiger partial charge in [0.25, 0.3) is 5.91 Å². The summed E-state index contributed by atoms with van der Waals surface area (Å²) in [7, 11) is 0. The molecule has 3 rings (SSSR count). The van der Waals surface area contributed by atoms with Crippen molar-refractivity contribution >= 4 is 52.4 Å². The topological polar surface area (TPSA) is 99.3 Å². The van der Waals surface area contributed by atoms with Gasteiger partial charge in [0, 0.05) is 22.4 Å². The number of urea groups is 1. The molecule has 0 saturated heterocycles. The van der Waals surface area contributed by atoms with Crippen molar-refractivity contribution < 1.29 is 14.4 Å². The quantitative estimate of drug-likeness (QED) is 0.480. The summed E-state index contributed by atoms with van der Waals surface area (Å²) in [6.07, 6.45) is 2.02. The van der Waals surface area contributed by atoms with Crippen LogP contribution in [0.2, 0.25) is 10.0 Å². The molecule has 0 bridgehead atoms. The SMILES string of the molecule is CC(C)C(NC(=O)c1ccc(Cl)cc1Cl)C(=O)Nc1ccc(NC(=O)NC2CC2)cc1. The second-order valence-corrected chi connectivity index (χ2v) is 8.60. The normalized spacial score (nSPS) is 14.0. The molecule has 0 aromatic heterocycles. The number of nitrogens with one attached hydrogen (secondary N) is 4. The second kappa shape index (κ2) is 10.0.